The van der Waals surface area contributed by atoms with Crippen LogP contribution in [0.4, 0.5) is 5.69 Å². The monoisotopic (exact) mass is 299 g/mol. The minimum atomic E-state index is -0.426. The summed E-state index contributed by atoms with van der Waals surface area (Å²) in [6.45, 7) is 2.05. The van der Waals surface area contributed by atoms with Crippen molar-refractivity contribution in [2.45, 2.75) is 6.92 Å². The van der Waals surface area contributed by atoms with Crippen LogP contribution in [0.5, 0.6) is 11.5 Å². The van der Waals surface area contributed by atoms with E-state index < -0.39 is 5.97 Å². The third-order valence-electron chi connectivity index (χ3n) is 2.99. The molecule has 0 saturated heterocycles. The average molecular weight is 299 g/mol. The largest absolute Gasteiger partial charge is 0.504 e. The van der Waals surface area contributed by atoms with Crippen LogP contribution in [0.15, 0.2) is 47.5 Å². The SMILES string of the molecule is CCOC(=O)c1ccccc1N=Cc1cccc(OC)c1O. The number of hydrogen-bond acceptors (Lipinski definition) is 5. The van der Waals surface area contributed by atoms with Crippen LogP contribution in [0.2, 0.25) is 0 Å². The summed E-state index contributed by atoms with van der Waals surface area (Å²) >= 11 is 0. The Bertz CT molecular complexity index is 695. The number of esters is 1. The van der Waals surface area contributed by atoms with E-state index in [0.29, 0.717) is 29.2 Å². The highest BCUT2D eigenvalue weighted by Crippen LogP contribution is 2.29. The Morgan fingerprint density at radius 3 is 2.73 bits per heavy atom. The Labute approximate surface area is 128 Å². The van der Waals surface area contributed by atoms with Crippen LogP contribution >= 0.6 is 0 Å². The molecule has 22 heavy (non-hydrogen) atoms. The Morgan fingerprint density at radius 2 is 2.00 bits per heavy atom. The summed E-state index contributed by atoms with van der Waals surface area (Å²) in [5, 5.41) is 10.0. The molecule has 5 nitrogen and oxygen atoms in total. The molecule has 0 atom stereocenters. The van der Waals surface area contributed by atoms with E-state index in [9.17, 15) is 9.90 Å². The van der Waals surface area contributed by atoms with Crippen molar-refractivity contribution in [3.63, 3.8) is 0 Å². The van der Waals surface area contributed by atoms with Crippen molar-refractivity contribution in [1.82, 2.24) is 0 Å². The first-order valence-electron chi connectivity index (χ1n) is 6.83. The number of phenolic OH excluding ortho intramolecular Hbond substituents is 1. The number of carbonyl (C=O) groups is 1. The Hall–Kier alpha value is -2.82. The van der Waals surface area contributed by atoms with Gasteiger partial charge in [-0.1, -0.05) is 18.2 Å². The standard InChI is InChI=1S/C17H17NO4/c1-3-22-17(20)13-8-4-5-9-14(13)18-11-12-7-6-10-15(21-2)16(12)19/h4-11,19H,3H2,1-2H3. The molecule has 0 spiro atoms. The smallest absolute Gasteiger partial charge is 0.340 e. The van der Waals surface area contributed by atoms with E-state index in [2.05, 4.69) is 4.99 Å². The van der Waals surface area contributed by atoms with Gasteiger partial charge < -0.3 is 14.6 Å². The Kier molecular flexibility index (Phi) is 5.14. The molecule has 2 rings (SSSR count). The van der Waals surface area contributed by atoms with Gasteiger partial charge in [0.05, 0.1) is 25.0 Å². The molecule has 0 fully saturated rings. The predicted octanol–water partition coefficient (Wildman–Crippen LogP) is 3.33. The molecule has 0 saturated carbocycles. The van der Waals surface area contributed by atoms with Gasteiger partial charge in [0.2, 0.25) is 0 Å². The molecule has 0 aromatic heterocycles. The predicted molar refractivity (Wildman–Crippen MR) is 84.3 cm³/mol. The van der Waals surface area contributed by atoms with Crippen LogP contribution in [0.3, 0.4) is 0 Å². The van der Waals surface area contributed by atoms with Crippen molar-refractivity contribution in [2.75, 3.05) is 13.7 Å². The maximum absolute atomic E-state index is 11.9. The summed E-state index contributed by atoms with van der Waals surface area (Å²) < 4.78 is 10.0. The summed E-state index contributed by atoms with van der Waals surface area (Å²) in [6.07, 6.45) is 1.48. The maximum Gasteiger partial charge on any atom is 0.340 e. The number of aliphatic imine (C=N–C) groups is 1. The second-order valence-corrected chi connectivity index (χ2v) is 4.39. The summed E-state index contributed by atoms with van der Waals surface area (Å²) in [4.78, 5) is 16.2. The fourth-order valence-electron chi connectivity index (χ4n) is 1.91. The summed E-state index contributed by atoms with van der Waals surface area (Å²) in [5.74, 6) is -0.0601. The summed E-state index contributed by atoms with van der Waals surface area (Å²) in [7, 11) is 1.48. The number of benzene rings is 2. The van der Waals surface area contributed by atoms with Crippen LogP contribution < -0.4 is 4.74 Å². The molecule has 0 aliphatic rings. The average Bonchev–Trinajstić information content (AvgIpc) is 2.54. The van der Waals surface area contributed by atoms with Gasteiger partial charge in [0.25, 0.3) is 0 Å². The first-order chi connectivity index (χ1) is 10.7. The minimum absolute atomic E-state index is 0.00219. The van der Waals surface area contributed by atoms with Crippen molar-refractivity contribution >= 4 is 17.9 Å². The van der Waals surface area contributed by atoms with Gasteiger partial charge in [-0.2, -0.15) is 0 Å². The van der Waals surface area contributed by atoms with E-state index in [0.717, 1.165) is 0 Å². The molecule has 5 heteroatoms. The number of ether oxygens (including phenoxy) is 2. The molecule has 114 valence electrons. The summed E-state index contributed by atoms with van der Waals surface area (Å²) in [5.41, 5.74) is 1.35. The lowest BCUT2D eigenvalue weighted by Gasteiger charge is -2.06. The second kappa shape index (κ2) is 7.26. The zero-order valence-corrected chi connectivity index (χ0v) is 12.4. The third kappa shape index (κ3) is 3.44. The van der Waals surface area contributed by atoms with Gasteiger partial charge in [-0.3, -0.25) is 4.99 Å². The Balaban J connectivity index is 2.33. The number of aromatic hydroxyl groups is 1. The van der Waals surface area contributed by atoms with Gasteiger partial charge in [-0.05, 0) is 31.2 Å². The molecular weight excluding hydrogens is 282 g/mol. The van der Waals surface area contributed by atoms with E-state index in [1.807, 2.05) is 0 Å². The van der Waals surface area contributed by atoms with E-state index in [-0.39, 0.29) is 5.75 Å². The van der Waals surface area contributed by atoms with Gasteiger partial charge in [0.1, 0.15) is 0 Å². The molecule has 2 aromatic carbocycles. The highest BCUT2D eigenvalue weighted by atomic mass is 16.5. The van der Waals surface area contributed by atoms with E-state index in [1.54, 1.807) is 49.4 Å². The van der Waals surface area contributed by atoms with Crippen molar-refractivity contribution < 1.29 is 19.4 Å². The molecule has 0 amide bonds. The van der Waals surface area contributed by atoms with Crippen molar-refractivity contribution in [3.05, 3.63) is 53.6 Å². The van der Waals surface area contributed by atoms with Gasteiger partial charge in [-0.15, -0.1) is 0 Å². The zero-order chi connectivity index (χ0) is 15.9. The van der Waals surface area contributed by atoms with Crippen molar-refractivity contribution in [1.29, 1.82) is 0 Å². The number of para-hydroxylation sites is 2. The van der Waals surface area contributed by atoms with Gasteiger partial charge in [0, 0.05) is 11.8 Å². The Morgan fingerprint density at radius 1 is 1.23 bits per heavy atom. The highest BCUT2D eigenvalue weighted by Gasteiger charge is 2.11. The van der Waals surface area contributed by atoms with Crippen LogP contribution in [-0.4, -0.2) is 31.0 Å². The fraction of sp³-hybridized carbons (Fsp3) is 0.176. The summed E-state index contributed by atoms with van der Waals surface area (Å²) in [6, 6.07) is 12.0. The number of carbonyl (C=O) groups excluding carboxylic acids is 1. The first-order valence-corrected chi connectivity index (χ1v) is 6.83. The van der Waals surface area contributed by atoms with Crippen LogP contribution in [0.25, 0.3) is 0 Å². The van der Waals surface area contributed by atoms with Crippen molar-refractivity contribution in [2.24, 2.45) is 4.99 Å². The lowest BCUT2D eigenvalue weighted by Crippen LogP contribution is -2.04. The van der Waals surface area contributed by atoms with Gasteiger partial charge >= 0.3 is 5.97 Å². The van der Waals surface area contributed by atoms with Crippen LogP contribution in [0, 0.1) is 0 Å². The van der Waals surface area contributed by atoms with E-state index in [1.165, 1.54) is 13.3 Å². The molecule has 0 unspecified atom stereocenters. The van der Waals surface area contributed by atoms with Gasteiger partial charge in [0.15, 0.2) is 11.5 Å². The molecule has 0 aliphatic carbocycles. The fourth-order valence-corrected chi connectivity index (χ4v) is 1.91. The normalized spacial score (nSPS) is 10.6. The number of rotatable bonds is 5. The molecular formula is C17H17NO4. The van der Waals surface area contributed by atoms with E-state index >= 15 is 0 Å². The maximum atomic E-state index is 11.9. The van der Waals surface area contributed by atoms with Gasteiger partial charge in [-0.25, -0.2) is 4.79 Å². The lowest BCUT2D eigenvalue weighted by molar-refractivity contribution is 0.0527. The molecule has 1 N–H and O–H groups in total. The number of phenols is 1. The number of nitrogens with zero attached hydrogens (tertiary/aromatic N) is 1. The molecule has 0 aliphatic heterocycles. The zero-order valence-electron chi connectivity index (χ0n) is 12.4. The van der Waals surface area contributed by atoms with Crippen molar-refractivity contribution in [3.8, 4) is 11.5 Å². The number of hydrogen-bond donors (Lipinski definition) is 1. The first kappa shape index (κ1) is 15.6. The molecule has 0 heterocycles. The lowest BCUT2D eigenvalue weighted by atomic mass is 10.1. The van der Waals surface area contributed by atoms with Crippen LogP contribution in [0.1, 0.15) is 22.8 Å². The second-order valence-electron chi connectivity index (χ2n) is 4.39. The van der Waals surface area contributed by atoms with Crippen LogP contribution in [-0.2, 0) is 4.74 Å². The molecule has 2 aromatic rings. The third-order valence-corrected chi connectivity index (χ3v) is 2.99. The minimum Gasteiger partial charge on any atom is -0.504 e. The van der Waals surface area contributed by atoms with E-state index in [4.69, 9.17) is 9.47 Å². The highest BCUT2D eigenvalue weighted by molar-refractivity contribution is 5.96. The molecule has 0 bridgehead atoms. The number of methoxy groups -OCH3 is 1. The quantitative estimate of drug-likeness (QED) is 0.679. The molecule has 0 radical (unpaired) electrons. The topological polar surface area (TPSA) is 68.1 Å².